The number of nitrogens with zero attached hydrogens (tertiary/aromatic N) is 2. The van der Waals surface area contributed by atoms with Crippen molar-refractivity contribution in [2.24, 2.45) is 5.92 Å². The molecule has 1 amide bonds. The summed E-state index contributed by atoms with van der Waals surface area (Å²) in [5.74, 6) is 0.101. The lowest BCUT2D eigenvalue weighted by molar-refractivity contribution is -0.127. The van der Waals surface area contributed by atoms with Crippen LogP contribution in [0.4, 0.5) is 0 Å². The Balaban J connectivity index is 1.91. The number of hydrogen-bond acceptors (Lipinski definition) is 3. The van der Waals surface area contributed by atoms with Crippen LogP contribution in [0.2, 0.25) is 5.02 Å². The quantitative estimate of drug-likeness (QED) is 0.801. The Bertz CT molecular complexity index is 908. The lowest BCUT2D eigenvalue weighted by atomic mass is 10.1. The zero-order valence-corrected chi connectivity index (χ0v) is 15.8. The molecule has 1 saturated heterocycles. The summed E-state index contributed by atoms with van der Waals surface area (Å²) in [5, 5.41) is 1.74. The molecule has 0 saturated carbocycles. The number of rotatable bonds is 5. The van der Waals surface area contributed by atoms with Gasteiger partial charge in [-0.2, -0.15) is 0 Å². The van der Waals surface area contributed by atoms with Crippen molar-refractivity contribution in [3.8, 4) is 0 Å². The van der Waals surface area contributed by atoms with Gasteiger partial charge in [-0.1, -0.05) is 35.9 Å². The summed E-state index contributed by atoms with van der Waals surface area (Å²) in [6, 6.07) is 10.5. The van der Waals surface area contributed by atoms with Crippen LogP contribution in [0.15, 0.2) is 41.3 Å². The monoisotopic (exact) mass is 380 g/mol. The van der Waals surface area contributed by atoms with Crippen LogP contribution in [-0.4, -0.2) is 50.2 Å². The van der Waals surface area contributed by atoms with Crippen LogP contribution < -0.4 is 0 Å². The van der Waals surface area contributed by atoms with Crippen molar-refractivity contribution in [3.63, 3.8) is 0 Å². The van der Waals surface area contributed by atoms with Gasteiger partial charge in [-0.3, -0.25) is 4.79 Å². The summed E-state index contributed by atoms with van der Waals surface area (Å²) in [5.41, 5.74) is 0. The molecule has 0 aliphatic carbocycles. The molecule has 0 aromatic heterocycles. The number of halogens is 1. The van der Waals surface area contributed by atoms with E-state index in [4.69, 9.17) is 11.6 Å². The van der Waals surface area contributed by atoms with E-state index in [0.717, 1.165) is 5.39 Å². The van der Waals surface area contributed by atoms with Gasteiger partial charge in [-0.15, -0.1) is 0 Å². The van der Waals surface area contributed by atoms with Gasteiger partial charge in [0.1, 0.15) is 0 Å². The zero-order valence-electron chi connectivity index (χ0n) is 14.3. The minimum Gasteiger partial charge on any atom is -0.343 e. The van der Waals surface area contributed by atoms with Crippen LogP contribution >= 0.6 is 11.6 Å². The molecule has 1 aliphatic heterocycles. The number of amides is 1. The molecule has 1 aliphatic rings. The highest BCUT2D eigenvalue weighted by atomic mass is 35.5. The highest BCUT2D eigenvalue weighted by Gasteiger charge is 2.32. The highest BCUT2D eigenvalue weighted by molar-refractivity contribution is 7.89. The van der Waals surface area contributed by atoms with Crippen LogP contribution in [0.25, 0.3) is 10.8 Å². The summed E-state index contributed by atoms with van der Waals surface area (Å²) in [6.07, 6.45) is 0.393. The number of hydrogen-bond donors (Lipinski definition) is 0. The van der Waals surface area contributed by atoms with Gasteiger partial charge in [-0.25, -0.2) is 12.7 Å². The molecule has 1 unspecified atom stereocenters. The fourth-order valence-electron chi connectivity index (χ4n) is 3.39. The molecule has 1 atom stereocenters. The maximum Gasteiger partial charge on any atom is 0.243 e. The Labute approximate surface area is 153 Å². The van der Waals surface area contributed by atoms with Gasteiger partial charge in [0.2, 0.25) is 15.9 Å². The van der Waals surface area contributed by atoms with Crippen molar-refractivity contribution in [1.29, 1.82) is 0 Å². The predicted molar refractivity (Wildman–Crippen MR) is 99.1 cm³/mol. The fraction of sp³-hybridized carbons (Fsp3) is 0.389. The van der Waals surface area contributed by atoms with E-state index in [1.807, 2.05) is 19.1 Å². The molecule has 134 valence electrons. The number of likely N-dealkylation sites (tertiary alicyclic amines) is 1. The summed E-state index contributed by atoms with van der Waals surface area (Å²) >= 11 is 6.27. The molecule has 0 N–H and O–H groups in total. The number of sulfonamides is 1. The molecule has 1 fully saturated rings. The molecule has 7 heteroatoms. The first-order chi connectivity index (χ1) is 11.8. The SMILES string of the molecule is CCN1CC(CN(C)S(=O)(=O)c2cccc3cccc(Cl)c23)CC1=O. The van der Waals surface area contributed by atoms with E-state index in [2.05, 4.69) is 0 Å². The second kappa shape index (κ2) is 6.94. The fourth-order valence-corrected chi connectivity index (χ4v) is 5.21. The van der Waals surface area contributed by atoms with Gasteiger partial charge < -0.3 is 4.90 Å². The van der Waals surface area contributed by atoms with Crippen molar-refractivity contribution < 1.29 is 13.2 Å². The first-order valence-electron chi connectivity index (χ1n) is 8.26. The Morgan fingerprint density at radius 1 is 1.24 bits per heavy atom. The minimum atomic E-state index is -3.70. The van der Waals surface area contributed by atoms with Crippen molar-refractivity contribution >= 4 is 38.3 Å². The number of carbonyl (C=O) groups excluding carboxylic acids is 1. The van der Waals surface area contributed by atoms with E-state index in [9.17, 15) is 13.2 Å². The molecule has 25 heavy (non-hydrogen) atoms. The Kier molecular flexibility index (Phi) is 5.04. The standard InChI is InChI=1S/C18H21ClN2O3S/c1-3-21-12-13(10-17(21)22)11-20(2)25(23,24)16-9-5-7-14-6-4-8-15(19)18(14)16/h4-9,13H,3,10-12H2,1-2H3. The van der Waals surface area contributed by atoms with Gasteiger partial charge in [-0.05, 0) is 30.4 Å². The van der Waals surface area contributed by atoms with Crippen molar-refractivity contribution in [3.05, 3.63) is 41.4 Å². The molecule has 1 heterocycles. The van der Waals surface area contributed by atoms with Gasteiger partial charge in [0.25, 0.3) is 0 Å². The minimum absolute atomic E-state index is 0.0117. The molecule has 0 spiro atoms. The maximum atomic E-state index is 13.1. The van der Waals surface area contributed by atoms with E-state index < -0.39 is 10.0 Å². The molecule has 2 aromatic rings. The summed E-state index contributed by atoms with van der Waals surface area (Å²) in [7, 11) is -2.14. The van der Waals surface area contributed by atoms with E-state index >= 15 is 0 Å². The molecule has 5 nitrogen and oxygen atoms in total. The number of fused-ring (bicyclic) bond motifs is 1. The van der Waals surface area contributed by atoms with E-state index in [1.54, 1.807) is 36.2 Å². The molecule has 3 rings (SSSR count). The average Bonchev–Trinajstić information content (AvgIpc) is 2.94. The second-order valence-corrected chi connectivity index (χ2v) is 8.80. The lowest BCUT2D eigenvalue weighted by Gasteiger charge is -2.22. The topological polar surface area (TPSA) is 57.7 Å². The van der Waals surface area contributed by atoms with Crippen LogP contribution in [0, 0.1) is 5.92 Å². The van der Waals surface area contributed by atoms with E-state index in [-0.39, 0.29) is 16.7 Å². The Hall–Kier alpha value is -1.63. The summed E-state index contributed by atoms with van der Waals surface area (Å²) in [6.45, 7) is 3.50. The van der Waals surface area contributed by atoms with Crippen LogP contribution in [0.3, 0.4) is 0 Å². The maximum absolute atomic E-state index is 13.1. The van der Waals surface area contributed by atoms with Crippen LogP contribution in [0.5, 0.6) is 0 Å². The second-order valence-electron chi connectivity index (χ2n) is 6.38. The Morgan fingerprint density at radius 3 is 2.56 bits per heavy atom. The third-order valence-electron chi connectivity index (χ3n) is 4.70. The molecule has 0 bridgehead atoms. The first-order valence-corrected chi connectivity index (χ1v) is 10.1. The van der Waals surface area contributed by atoms with Gasteiger partial charge in [0.05, 0.1) is 4.90 Å². The Morgan fingerprint density at radius 2 is 1.92 bits per heavy atom. The lowest BCUT2D eigenvalue weighted by Crippen LogP contribution is -2.33. The molecule has 2 aromatic carbocycles. The third kappa shape index (κ3) is 3.38. The average molecular weight is 381 g/mol. The summed E-state index contributed by atoms with van der Waals surface area (Å²) < 4.78 is 27.5. The van der Waals surface area contributed by atoms with Crippen LogP contribution in [0.1, 0.15) is 13.3 Å². The zero-order chi connectivity index (χ0) is 18.2. The summed E-state index contributed by atoms with van der Waals surface area (Å²) in [4.78, 5) is 13.8. The van der Waals surface area contributed by atoms with Gasteiger partial charge >= 0.3 is 0 Å². The largest absolute Gasteiger partial charge is 0.343 e. The predicted octanol–water partition coefficient (Wildman–Crippen LogP) is 2.98. The van der Waals surface area contributed by atoms with Crippen molar-refractivity contribution in [1.82, 2.24) is 9.21 Å². The molecular formula is C18H21ClN2O3S. The van der Waals surface area contributed by atoms with E-state index in [1.165, 1.54) is 4.31 Å². The molecular weight excluding hydrogens is 360 g/mol. The van der Waals surface area contributed by atoms with Crippen molar-refractivity contribution in [2.75, 3.05) is 26.7 Å². The van der Waals surface area contributed by atoms with Crippen molar-refractivity contribution in [2.45, 2.75) is 18.2 Å². The number of benzene rings is 2. The van der Waals surface area contributed by atoms with E-state index in [0.29, 0.717) is 36.5 Å². The normalized spacial score (nSPS) is 18.5. The molecule has 0 radical (unpaired) electrons. The van der Waals surface area contributed by atoms with Gasteiger partial charge in [0.15, 0.2) is 0 Å². The van der Waals surface area contributed by atoms with Crippen LogP contribution in [-0.2, 0) is 14.8 Å². The third-order valence-corrected chi connectivity index (χ3v) is 6.88. The first kappa shape index (κ1) is 18.2. The van der Waals surface area contributed by atoms with Gasteiger partial charge in [0, 0.05) is 43.5 Å². The number of carbonyl (C=O) groups is 1. The highest BCUT2D eigenvalue weighted by Crippen LogP contribution is 2.31. The smallest absolute Gasteiger partial charge is 0.243 e.